The Morgan fingerprint density at radius 2 is 1.65 bits per heavy atom. The smallest absolute Gasteiger partial charge is 0.387 e. The summed E-state index contributed by atoms with van der Waals surface area (Å²) >= 11 is 3.37. The van der Waals surface area contributed by atoms with Crippen LogP contribution in [0.25, 0.3) is 0 Å². The summed E-state index contributed by atoms with van der Waals surface area (Å²) in [6, 6.07) is 13.8. The van der Waals surface area contributed by atoms with E-state index in [0.29, 0.717) is 6.54 Å². The minimum Gasteiger partial charge on any atom is -0.435 e. The molecule has 0 atom stereocenters. The van der Waals surface area contributed by atoms with Gasteiger partial charge in [-0.05, 0) is 35.4 Å². The third kappa shape index (κ3) is 5.63. The summed E-state index contributed by atoms with van der Waals surface area (Å²) in [5, 5.41) is 0. The lowest BCUT2D eigenvalue weighted by Gasteiger charge is -2.17. The summed E-state index contributed by atoms with van der Waals surface area (Å²) in [7, 11) is 1.73. The second kappa shape index (κ2) is 8.06. The van der Waals surface area contributed by atoms with E-state index in [4.69, 9.17) is 0 Å². The van der Waals surface area contributed by atoms with Crippen molar-refractivity contribution in [2.45, 2.75) is 19.6 Å². The molecule has 0 heterocycles. The molecule has 0 aromatic heterocycles. The normalized spacial score (nSPS) is 10.7. The van der Waals surface area contributed by atoms with Crippen LogP contribution in [0, 0.1) is 0 Å². The summed E-state index contributed by atoms with van der Waals surface area (Å²) in [4.78, 5) is 13.8. The highest BCUT2D eigenvalue weighted by Gasteiger charge is 2.11. The fraction of sp³-hybridized carbons (Fsp3) is 0.235. The molecule has 23 heavy (non-hydrogen) atoms. The minimum atomic E-state index is -2.85. The van der Waals surface area contributed by atoms with Gasteiger partial charge in [0.15, 0.2) is 0 Å². The van der Waals surface area contributed by atoms with E-state index in [1.165, 1.54) is 12.1 Å². The quantitative estimate of drug-likeness (QED) is 0.745. The van der Waals surface area contributed by atoms with Gasteiger partial charge in [0, 0.05) is 18.1 Å². The highest BCUT2D eigenvalue weighted by Crippen LogP contribution is 2.16. The van der Waals surface area contributed by atoms with Gasteiger partial charge in [0.2, 0.25) is 5.91 Å². The summed E-state index contributed by atoms with van der Waals surface area (Å²) in [5.74, 6) is 0.0369. The largest absolute Gasteiger partial charge is 0.435 e. The number of rotatable bonds is 6. The van der Waals surface area contributed by atoms with Crippen molar-refractivity contribution in [3.63, 3.8) is 0 Å². The molecule has 0 aliphatic heterocycles. The molecule has 6 heteroatoms. The van der Waals surface area contributed by atoms with Crippen molar-refractivity contribution in [2.75, 3.05) is 7.05 Å². The molecule has 1 amide bonds. The van der Waals surface area contributed by atoms with Crippen LogP contribution in [0.5, 0.6) is 5.75 Å². The molecule has 0 aliphatic rings. The van der Waals surface area contributed by atoms with E-state index in [2.05, 4.69) is 20.7 Å². The first-order chi connectivity index (χ1) is 10.9. The number of ether oxygens (including phenoxy) is 1. The first-order valence-corrected chi connectivity index (χ1v) is 7.75. The Hall–Kier alpha value is -1.95. The Labute approximate surface area is 142 Å². The number of amides is 1. The molecular weight excluding hydrogens is 368 g/mol. The maximum Gasteiger partial charge on any atom is 0.387 e. The van der Waals surface area contributed by atoms with E-state index in [1.807, 2.05) is 24.3 Å². The number of hydrogen-bond donors (Lipinski definition) is 0. The Kier molecular flexibility index (Phi) is 6.10. The summed E-state index contributed by atoms with van der Waals surface area (Å²) in [5.41, 5.74) is 1.78. The number of hydrogen-bond acceptors (Lipinski definition) is 2. The molecule has 0 unspecified atom stereocenters. The monoisotopic (exact) mass is 383 g/mol. The van der Waals surface area contributed by atoms with Gasteiger partial charge in [-0.1, -0.05) is 40.2 Å². The van der Waals surface area contributed by atoms with Crippen LogP contribution in [0.2, 0.25) is 0 Å². The highest BCUT2D eigenvalue weighted by molar-refractivity contribution is 9.10. The molecular formula is C17H16BrF2NO2. The van der Waals surface area contributed by atoms with Gasteiger partial charge in [-0.15, -0.1) is 0 Å². The maximum absolute atomic E-state index is 12.2. The Morgan fingerprint density at radius 3 is 2.22 bits per heavy atom. The van der Waals surface area contributed by atoms with Gasteiger partial charge in [-0.2, -0.15) is 8.78 Å². The molecule has 0 saturated heterocycles. The Bertz CT molecular complexity index is 645. The van der Waals surface area contributed by atoms with E-state index in [0.717, 1.165) is 15.6 Å². The van der Waals surface area contributed by atoms with Crippen molar-refractivity contribution in [3.05, 3.63) is 64.1 Å². The third-order valence-electron chi connectivity index (χ3n) is 3.26. The molecule has 0 saturated carbocycles. The Morgan fingerprint density at radius 1 is 1.09 bits per heavy atom. The average Bonchev–Trinajstić information content (AvgIpc) is 2.51. The molecule has 2 aromatic carbocycles. The molecule has 0 bridgehead atoms. The van der Waals surface area contributed by atoms with Crippen LogP contribution in [-0.4, -0.2) is 24.5 Å². The van der Waals surface area contributed by atoms with E-state index in [-0.39, 0.29) is 18.1 Å². The van der Waals surface area contributed by atoms with Crippen molar-refractivity contribution in [1.82, 2.24) is 4.90 Å². The predicted molar refractivity (Wildman–Crippen MR) is 87.4 cm³/mol. The summed E-state index contributed by atoms with van der Waals surface area (Å²) < 4.78 is 29.4. The molecule has 0 aliphatic carbocycles. The van der Waals surface area contributed by atoms with Gasteiger partial charge in [0.05, 0.1) is 6.42 Å². The van der Waals surface area contributed by atoms with Crippen molar-refractivity contribution >= 4 is 21.8 Å². The lowest BCUT2D eigenvalue weighted by atomic mass is 10.1. The average molecular weight is 384 g/mol. The molecule has 2 aromatic rings. The third-order valence-corrected chi connectivity index (χ3v) is 3.79. The molecule has 122 valence electrons. The van der Waals surface area contributed by atoms with Crippen molar-refractivity contribution < 1.29 is 18.3 Å². The number of alkyl halides is 2. The number of likely N-dealkylation sites (N-methyl/N-ethyl adjacent to an activating group) is 1. The zero-order chi connectivity index (χ0) is 16.8. The van der Waals surface area contributed by atoms with Crippen LogP contribution >= 0.6 is 15.9 Å². The van der Waals surface area contributed by atoms with Crippen LogP contribution in [0.15, 0.2) is 53.0 Å². The highest BCUT2D eigenvalue weighted by atomic mass is 79.9. The summed E-state index contributed by atoms with van der Waals surface area (Å²) in [6.45, 7) is -2.34. The number of carbonyl (C=O) groups excluding carboxylic acids is 1. The van der Waals surface area contributed by atoms with E-state index in [1.54, 1.807) is 24.1 Å². The zero-order valence-electron chi connectivity index (χ0n) is 12.5. The van der Waals surface area contributed by atoms with Gasteiger partial charge in [-0.25, -0.2) is 0 Å². The van der Waals surface area contributed by atoms with Crippen LogP contribution < -0.4 is 4.74 Å². The van der Waals surface area contributed by atoms with E-state index < -0.39 is 6.61 Å². The van der Waals surface area contributed by atoms with Crippen LogP contribution in [-0.2, 0) is 17.8 Å². The number of nitrogens with zero attached hydrogens (tertiary/aromatic N) is 1. The van der Waals surface area contributed by atoms with E-state index in [9.17, 15) is 13.6 Å². The number of benzene rings is 2. The fourth-order valence-corrected chi connectivity index (χ4v) is 2.31. The Balaban J connectivity index is 1.91. The molecule has 0 radical (unpaired) electrons. The second-order valence-electron chi connectivity index (χ2n) is 5.08. The van der Waals surface area contributed by atoms with Crippen LogP contribution in [0.3, 0.4) is 0 Å². The van der Waals surface area contributed by atoms with Gasteiger partial charge < -0.3 is 9.64 Å². The van der Waals surface area contributed by atoms with Crippen LogP contribution in [0.4, 0.5) is 8.78 Å². The first kappa shape index (κ1) is 17.4. The van der Waals surface area contributed by atoms with Gasteiger partial charge in [0.25, 0.3) is 0 Å². The molecule has 0 fully saturated rings. The standard InChI is InChI=1S/C17H16BrF2NO2/c1-21(11-13-2-6-14(18)7-3-13)16(22)10-12-4-8-15(9-5-12)23-17(19)20/h2-9,17H,10-11H2,1H3. The lowest BCUT2D eigenvalue weighted by molar-refractivity contribution is -0.129. The van der Waals surface area contributed by atoms with E-state index >= 15 is 0 Å². The lowest BCUT2D eigenvalue weighted by Crippen LogP contribution is -2.27. The first-order valence-electron chi connectivity index (χ1n) is 6.96. The predicted octanol–water partition coefficient (Wildman–Crippen LogP) is 4.25. The topological polar surface area (TPSA) is 29.5 Å². The summed E-state index contributed by atoms with van der Waals surface area (Å²) in [6.07, 6.45) is 0.210. The minimum absolute atomic E-state index is 0.0459. The zero-order valence-corrected chi connectivity index (χ0v) is 14.1. The van der Waals surface area contributed by atoms with Gasteiger partial charge >= 0.3 is 6.61 Å². The molecule has 0 N–H and O–H groups in total. The molecule has 2 rings (SSSR count). The maximum atomic E-state index is 12.2. The van der Waals surface area contributed by atoms with Crippen molar-refractivity contribution in [2.24, 2.45) is 0 Å². The van der Waals surface area contributed by atoms with Gasteiger partial charge in [0.1, 0.15) is 5.75 Å². The fourth-order valence-electron chi connectivity index (χ4n) is 2.05. The van der Waals surface area contributed by atoms with Crippen molar-refractivity contribution in [1.29, 1.82) is 0 Å². The van der Waals surface area contributed by atoms with Crippen LogP contribution in [0.1, 0.15) is 11.1 Å². The SMILES string of the molecule is CN(Cc1ccc(Br)cc1)C(=O)Cc1ccc(OC(F)F)cc1. The molecule has 0 spiro atoms. The molecule has 3 nitrogen and oxygen atoms in total. The number of halogens is 3. The van der Waals surface area contributed by atoms with Gasteiger partial charge in [-0.3, -0.25) is 4.79 Å². The van der Waals surface area contributed by atoms with Crippen molar-refractivity contribution in [3.8, 4) is 5.75 Å². The number of carbonyl (C=O) groups is 1. The second-order valence-corrected chi connectivity index (χ2v) is 5.99.